The normalized spacial score (nSPS) is 12.5. The smallest absolute Gasteiger partial charge is 0.253 e. The van der Waals surface area contributed by atoms with Crippen LogP contribution in [0.25, 0.3) is 0 Å². The Labute approximate surface area is 130 Å². The molecule has 0 aliphatic carbocycles. The van der Waals surface area contributed by atoms with Crippen molar-refractivity contribution in [3.8, 4) is 0 Å². The van der Waals surface area contributed by atoms with Gasteiger partial charge in [-0.1, -0.05) is 15.9 Å². The van der Waals surface area contributed by atoms with E-state index in [1.54, 1.807) is 7.11 Å². The summed E-state index contributed by atoms with van der Waals surface area (Å²) in [7, 11) is 1.66. The van der Waals surface area contributed by atoms with Gasteiger partial charge in [0.15, 0.2) is 0 Å². The van der Waals surface area contributed by atoms with Crippen molar-refractivity contribution in [2.24, 2.45) is 0 Å². The van der Waals surface area contributed by atoms with Gasteiger partial charge in [0.2, 0.25) is 0 Å². The van der Waals surface area contributed by atoms with Gasteiger partial charge in [-0.15, -0.1) is 11.3 Å². The number of carbonyl (C=O) groups is 1. The van der Waals surface area contributed by atoms with Gasteiger partial charge in [0.05, 0.1) is 19.7 Å². The Morgan fingerprint density at radius 3 is 2.82 bits per heavy atom. The second kappa shape index (κ2) is 7.89. The van der Waals surface area contributed by atoms with Gasteiger partial charge in [-0.05, 0) is 44.3 Å². The summed E-state index contributed by atoms with van der Waals surface area (Å²) in [6.07, 6.45) is 0.836. The average molecular weight is 450 g/mol. The number of carbonyl (C=O) groups excluding carboxylic acids is 1. The monoisotopic (exact) mass is 447 g/mol. The minimum atomic E-state index is -0.0593. The van der Waals surface area contributed by atoms with Crippen LogP contribution in [0, 0.1) is 0 Å². The van der Waals surface area contributed by atoms with E-state index in [9.17, 15) is 4.79 Å². The Kier molecular flexibility index (Phi) is 7.25. The molecule has 0 radical (unpaired) electrons. The Morgan fingerprint density at radius 1 is 1.59 bits per heavy atom. The highest BCUT2D eigenvalue weighted by molar-refractivity contribution is 9.12. The highest BCUT2D eigenvalue weighted by Gasteiger charge is 2.13. The summed E-state index contributed by atoms with van der Waals surface area (Å²) in [6, 6.07) is 1.81. The maximum absolute atomic E-state index is 11.8. The van der Waals surface area contributed by atoms with Crippen molar-refractivity contribution in [2.75, 3.05) is 20.3 Å². The van der Waals surface area contributed by atoms with Gasteiger partial charge in [-0.3, -0.25) is 4.79 Å². The minimum absolute atomic E-state index is 0.0593. The van der Waals surface area contributed by atoms with E-state index in [-0.39, 0.29) is 10.7 Å². The molecule has 0 aliphatic heterocycles. The van der Waals surface area contributed by atoms with Crippen molar-refractivity contribution in [3.63, 3.8) is 0 Å². The number of ether oxygens (including phenoxy) is 1. The number of thiophene rings is 1. The lowest BCUT2D eigenvalue weighted by Crippen LogP contribution is -2.26. The maximum Gasteiger partial charge on any atom is 0.253 e. The first-order valence-electron chi connectivity index (χ1n) is 4.90. The molecule has 0 aromatic carbocycles. The van der Waals surface area contributed by atoms with Crippen LogP contribution in [-0.2, 0) is 4.74 Å². The van der Waals surface area contributed by atoms with E-state index < -0.39 is 0 Å². The molecule has 1 atom stereocenters. The van der Waals surface area contributed by atoms with Gasteiger partial charge >= 0.3 is 0 Å². The van der Waals surface area contributed by atoms with Crippen molar-refractivity contribution >= 4 is 65.0 Å². The molecule has 0 saturated heterocycles. The Bertz CT molecular complexity index is 384. The maximum atomic E-state index is 11.8. The van der Waals surface area contributed by atoms with Crippen LogP contribution >= 0.6 is 59.1 Å². The number of halogens is 3. The van der Waals surface area contributed by atoms with Crippen LogP contribution in [0.15, 0.2) is 13.6 Å². The van der Waals surface area contributed by atoms with Crippen LogP contribution in [0.2, 0.25) is 0 Å². The fourth-order valence-corrected chi connectivity index (χ4v) is 4.48. The third-order valence-electron chi connectivity index (χ3n) is 1.99. The lowest BCUT2D eigenvalue weighted by molar-refractivity contribution is 0.0951. The fourth-order valence-electron chi connectivity index (χ4n) is 1.20. The van der Waals surface area contributed by atoms with E-state index in [4.69, 9.17) is 4.74 Å². The molecule has 0 bridgehead atoms. The molecule has 7 heteroatoms. The molecule has 1 heterocycles. The van der Waals surface area contributed by atoms with Crippen LogP contribution < -0.4 is 5.32 Å². The summed E-state index contributed by atoms with van der Waals surface area (Å²) in [5.74, 6) is -0.0593. The first-order chi connectivity index (χ1) is 8.04. The van der Waals surface area contributed by atoms with Gasteiger partial charge in [0, 0.05) is 18.5 Å². The molecule has 0 spiro atoms. The van der Waals surface area contributed by atoms with Gasteiger partial charge in [0.25, 0.3) is 5.91 Å². The quantitative estimate of drug-likeness (QED) is 0.671. The zero-order valence-corrected chi connectivity index (χ0v) is 14.7. The predicted molar refractivity (Wildman–Crippen MR) is 81.3 cm³/mol. The number of amides is 1. The molecule has 0 fully saturated rings. The summed E-state index contributed by atoms with van der Waals surface area (Å²) < 4.78 is 6.78. The molecule has 3 nitrogen and oxygen atoms in total. The van der Waals surface area contributed by atoms with Gasteiger partial charge in [-0.25, -0.2) is 0 Å². The molecule has 1 unspecified atom stereocenters. The van der Waals surface area contributed by atoms with Gasteiger partial charge in [0.1, 0.15) is 0 Å². The zero-order chi connectivity index (χ0) is 12.8. The summed E-state index contributed by atoms with van der Waals surface area (Å²) in [4.78, 5) is 12.1. The molecule has 17 heavy (non-hydrogen) atoms. The molecule has 1 aromatic heterocycles. The molecular formula is C10H12Br3NO2S. The van der Waals surface area contributed by atoms with Crippen molar-refractivity contribution in [1.82, 2.24) is 5.32 Å². The molecule has 0 aliphatic rings. The Morgan fingerprint density at radius 2 is 2.29 bits per heavy atom. The largest absolute Gasteiger partial charge is 0.384 e. The second-order valence-electron chi connectivity index (χ2n) is 3.34. The number of hydrogen-bond acceptors (Lipinski definition) is 3. The van der Waals surface area contributed by atoms with E-state index in [1.165, 1.54) is 11.3 Å². The van der Waals surface area contributed by atoms with E-state index >= 15 is 0 Å². The van der Waals surface area contributed by atoms with Gasteiger partial charge < -0.3 is 10.1 Å². The van der Waals surface area contributed by atoms with Crippen LogP contribution in [0.4, 0.5) is 0 Å². The predicted octanol–water partition coefficient (Wildman–Crippen LogP) is 3.80. The van der Waals surface area contributed by atoms with E-state index in [1.807, 2.05) is 6.07 Å². The van der Waals surface area contributed by atoms with Gasteiger partial charge in [-0.2, -0.15) is 0 Å². The fraction of sp³-hybridized carbons (Fsp3) is 0.500. The van der Waals surface area contributed by atoms with E-state index in [0.717, 1.165) is 14.0 Å². The summed E-state index contributed by atoms with van der Waals surface area (Å²) in [5.41, 5.74) is 0.666. The highest BCUT2D eigenvalue weighted by Crippen LogP contribution is 2.31. The van der Waals surface area contributed by atoms with Crippen LogP contribution in [0.3, 0.4) is 0 Å². The van der Waals surface area contributed by atoms with Crippen molar-refractivity contribution in [1.29, 1.82) is 0 Å². The topological polar surface area (TPSA) is 38.3 Å². The SMILES string of the molecule is COCC(Br)CCNC(=O)c1cc(Br)sc1Br. The lowest BCUT2D eigenvalue weighted by Gasteiger charge is -2.09. The van der Waals surface area contributed by atoms with Crippen LogP contribution in [0.1, 0.15) is 16.8 Å². The molecule has 96 valence electrons. The number of hydrogen-bond donors (Lipinski definition) is 1. The lowest BCUT2D eigenvalue weighted by atomic mass is 10.3. The van der Waals surface area contributed by atoms with Crippen molar-refractivity contribution < 1.29 is 9.53 Å². The second-order valence-corrected chi connectivity index (χ2v) is 8.38. The van der Waals surface area contributed by atoms with E-state index in [2.05, 4.69) is 53.1 Å². The highest BCUT2D eigenvalue weighted by atomic mass is 79.9. The third kappa shape index (κ3) is 5.38. The Hall–Kier alpha value is 0.570. The number of methoxy groups -OCH3 is 1. The number of rotatable bonds is 6. The molecule has 1 amide bonds. The number of nitrogens with one attached hydrogen (secondary N) is 1. The van der Waals surface area contributed by atoms with Crippen molar-refractivity contribution in [3.05, 3.63) is 19.2 Å². The third-order valence-corrected chi connectivity index (χ3v) is 5.05. The van der Waals surface area contributed by atoms with Crippen LogP contribution in [-0.4, -0.2) is 31.0 Å². The summed E-state index contributed by atoms with van der Waals surface area (Å²) >= 11 is 11.7. The first kappa shape index (κ1) is 15.6. The van der Waals surface area contributed by atoms with Crippen LogP contribution in [0.5, 0.6) is 0 Å². The average Bonchev–Trinajstić information content (AvgIpc) is 2.58. The summed E-state index contributed by atoms with van der Waals surface area (Å²) in [5, 5.41) is 2.87. The summed E-state index contributed by atoms with van der Waals surface area (Å²) in [6.45, 7) is 1.27. The molecule has 1 N–H and O–H groups in total. The zero-order valence-electron chi connectivity index (χ0n) is 9.13. The molecule has 1 rings (SSSR count). The van der Waals surface area contributed by atoms with E-state index in [0.29, 0.717) is 18.7 Å². The minimum Gasteiger partial charge on any atom is -0.384 e. The van der Waals surface area contributed by atoms with Crippen molar-refractivity contribution in [2.45, 2.75) is 11.2 Å². The molecular weight excluding hydrogens is 438 g/mol. The standard InChI is InChI=1S/C10H12Br3NO2S/c1-16-5-6(11)2-3-14-10(15)7-4-8(12)17-9(7)13/h4,6H,2-3,5H2,1H3,(H,14,15). The Balaban J connectivity index is 2.37. The molecule has 0 saturated carbocycles. The molecule has 1 aromatic rings. The first-order valence-corrected chi connectivity index (χ1v) is 8.22. The number of alkyl halides is 1.